The first kappa shape index (κ1) is 15.8. The number of anilines is 1. The lowest BCUT2D eigenvalue weighted by Gasteiger charge is -2.35. The molecule has 1 saturated heterocycles. The number of pyridine rings is 1. The van der Waals surface area contributed by atoms with Crippen LogP contribution in [-0.2, 0) is 4.79 Å². The van der Waals surface area contributed by atoms with Crippen LogP contribution in [0.2, 0.25) is 0 Å². The van der Waals surface area contributed by atoms with Crippen molar-refractivity contribution < 1.29 is 4.79 Å². The number of hydrogen-bond donors (Lipinski definition) is 0. The van der Waals surface area contributed by atoms with E-state index in [1.165, 1.54) is 5.69 Å². The van der Waals surface area contributed by atoms with Crippen LogP contribution in [-0.4, -0.2) is 35.2 Å². The molecule has 5 nitrogen and oxygen atoms in total. The molecule has 0 saturated carbocycles. The van der Waals surface area contributed by atoms with Crippen molar-refractivity contribution in [2.45, 2.75) is 25.3 Å². The van der Waals surface area contributed by atoms with E-state index in [1.54, 1.807) is 11.2 Å². The summed E-state index contributed by atoms with van der Waals surface area (Å²) in [5.74, 6) is 0.199. The first-order valence-corrected chi connectivity index (χ1v) is 8.88. The van der Waals surface area contributed by atoms with Crippen LogP contribution in [0.5, 0.6) is 0 Å². The molecule has 4 rings (SSSR count). The second-order valence-electron chi connectivity index (χ2n) is 6.62. The van der Waals surface area contributed by atoms with Crippen molar-refractivity contribution in [1.29, 1.82) is 0 Å². The molecule has 0 radical (unpaired) electrons. The van der Waals surface area contributed by atoms with Gasteiger partial charge in [-0.25, -0.2) is 5.01 Å². The number of hydrazone groups is 1. The van der Waals surface area contributed by atoms with Crippen molar-refractivity contribution in [1.82, 2.24) is 9.99 Å². The van der Waals surface area contributed by atoms with E-state index < -0.39 is 0 Å². The van der Waals surface area contributed by atoms with E-state index in [2.05, 4.69) is 39.3 Å². The predicted molar refractivity (Wildman–Crippen MR) is 98.3 cm³/mol. The van der Waals surface area contributed by atoms with Gasteiger partial charge in [0.15, 0.2) is 0 Å². The lowest BCUT2D eigenvalue weighted by molar-refractivity contribution is -0.138. The number of piperidine rings is 1. The Labute approximate surface area is 148 Å². The summed E-state index contributed by atoms with van der Waals surface area (Å²) in [6, 6.07) is 14.3. The second kappa shape index (κ2) is 7.05. The van der Waals surface area contributed by atoms with Gasteiger partial charge in [-0.2, -0.15) is 5.10 Å². The van der Waals surface area contributed by atoms with Crippen molar-refractivity contribution in [2.75, 3.05) is 18.0 Å². The highest BCUT2D eigenvalue weighted by Crippen LogP contribution is 2.32. The van der Waals surface area contributed by atoms with Crippen molar-refractivity contribution in [3.8, 4) is 0 Å². The van der Waals surface area contributed by atoms with Gasteiger partial charge < -0.3 is 4.90 Å². The number of benzene rings is 1. The van der Waals surface area contributed by atoms with Gasteiger partial charge in [-0.15, -0.1) is 0 Å². The number of para-hydroxylation sites is 1. The van der Waals surface area contributed by atoms with Gasteiger partial charge in [-0.3, -0.25) is 9.78 Å². The van der Waals surface area contributed by atoms with Crippen LogP contribution in [0, 0.1) is 5.92 Å². The number of carbonyl (C=O) groups is 1. The van der Waals surface area contributed by atoms with Crippen LogP contribution in [0.4, 0.5) is 5.69 Å². The molecule has 2 aliphatic rings. The van der Waals surface area contributed by atoms with E-state index >= 15 is 0 Å². The Kier molecular flexibility index (Phi) is 4.46. The third-order valence-electron chi connectivity index (χ3n) is 5.09. The summed E-state index contributed by atoms with van der Waals surface area (Å²) in [7, 11) is 0. The van der Waals surface area contributed by atoms with Gasteiger partial charge in [0.2, 0.25) is 5.91 Å². The predicted octanol–water partition coefficient (Wildman–Crippen LogP) is 3.26. The molecule has 0 bridgehead atoms. The van der Waals surface area contributed by atoms with Crippen LogP contribution in [0.1, 0.15) is 30.9 Å². The molecule has 0 spiro atoms. The van der Waals surface area contributed by atoms with Crippen LogP contribution < -0.4 is 4.90 Å². The lowest BCUT2D eigenvalue weighted by atomic mass is 9.94. The smallest absolute Gasteiger partial charge is 0.246 e. The average Bonchev–Trinajstić information content (AvgIpc) is 3.19. The maximum absolute atomic E-state index is 13.0. The second-order valence-corrected chi connectivity index (χ2v) is 6.62. The largest absolute Gasteiger partial charge is 0.371 e. The Bertz CT molecular complexity index is 739. The zero-order valence-corrected chi connectivity index (χ0v) is 14.2. The molecule has 0 aliphatic carbocycles. The van der Waals surface area contributed by atoms with Crippen LogP contribution >= 0.6 is 0 Å². The minimum atomic E-state index is -0.00615. The molecule has 0 N–H and O–H groups in total. The number of hydrogen-bond acceptors (Lipinski definition) is 4. The fraction of sp³-hybridized carbons (Fsp3) is 0.350. The topological polar surface area (TPSA) is 48.8 Å². The number of amides is 1. The molecule has 1 amide bonds. The summed E-state index contributed by atoms with van der Waals surface area (Å²) in [5, 5.41) is 6.04. The van der Waals surface area contributed by atoms with Crippen molar-refractivity contribution in [3.05, 3.63) is 60.4 Å². The monoisotopic (exact) mass is 334 g/mol. The SMILES string of the molecule is O=C(C1CCN(c2ccccc2)CC1)N1N=CCC1c1cccnc1. The summed E-state index contributed by atoms with van der Waals surface area (Å²) in [5.41, 5.74) is 2.29. The Morgan fingerprint density at radius 2 is 1.84 bits per heavy atom. The van der Waals surface area contributed by atoms with E-state index in [9.17, 15) is 4.79 Å². The third-order valence-corrected chi connectivity index (χ3v) is 5.09. The molecule has 25 heavy (non-hydrogen) atoms. The summed E-state index contributed by atoms with van der Waals surface area (Å²) < 4.78 is 0. The fourth-order valence-corrected chi connectivity index (χ4v) is 3.69. The number of carbonyl (C=O) groups excluding carboxylic acids is 1. The van der Waals surface area contributed by atoms with Gasteiger partial charge in [0, 0.05) is 49.7 Å². The molecule has 1 aromatic carbocycles. The Hall–Kier alpha value is -2.69. The molecule has 5 heteroatoms. The van der Waals surface area contributed by atoms with Crippen LogP contribution in [0.3, 0.4) is 0 Å². The third kappa shape index (κ3) is 3.27. The van der Waals surface area contributed by atoms with E-state index in [0.29, 0.717) is 0 Å². The molecule has 1 aromatic heterocycles. The first-order chi connectivity index (χ1) is 12.3. The molecular weight excluding hydrogens is 312 g/mol. The molecular formula is C20H22N4O. The average molecular weight is 334 g/mol. The van der Waals surface area contributed by atoms with E-state index in [4.69, 9.17) is 0 Å². The minimum absolute atomic E-state index is 0.00615. The van der Waals surface area contributed by atoms with Crippen LogP contribution in [0.25, 0.3) is 0 Å². The van der Waals surface area contributed by atoms with Crippen LogP contribution in [0.15, 0.2) is 60.0 Å². The number of rotatable bonds is 3. The highest BCUT2D eigenvalue weighted by Gasteiger charge is 2.34. The van der Waals surface area contributed by atoms with Crippen molar-refractivity contribution in [2.24, 2.45) is 11.0 Å². The quantitative estimate of drug-likeness (QED) is 0.866. The first-order valence-electron chi connectivity index (χ1n) is 8.88. The molecule has 2 aliphatic heterocycles. The van der Waals surface area contributed by atoms with Gasteiger partial charge in [0.25, 0.3) is 0 Å². The maximum atomic E-state index is 13.0. The molecule has 128 valence electrons. The zero-order chi connectivity index (χ0) is 17.1. The lowest BCUT2D eigenvalue weighted by Crippen LogP contribution is -2.41. The van der Waals surface area contributed by atoms with E-state index in [-0.39, 0.29) is 17.9 Å². The summed E-state index contributed by atoms with van der Waals surface area (Å²) >= 11 is 0. The molecule has 2 aromatic rings. The standard InChI is InChI=1S/C20H22N4O/c25-20(24-19(8-12-22-24)17-5-4-11-21-15-17)16-9-13-23(14-10-16)18-6-2-1-3-7-18/h1-7,11-12,15-16,19H,8-10,13-14H2. The van der Waals surface area contributed by atoms with Crippen molar-refractivity contribution in [3.63, 3.8) is 0 Å². The molecule has 3 heterocycles. The summed E-state index contributed by atoms with van der Waals surface area (Å²) in [4.78, 5) is 19.5. The number of aromatic nitrogens is 1. The van der Waals surface area contributed by atoms with Gasteiger partial charge >= 0.3 is 0 Å². The normalized spacial score (nSPS) is 20.9. The Balaban J connectivity index is 1.41. The molecule has 1 unspecified atom stereocenters. The maximum Gasteiger partial charge on any atom is 0.246 e. The molecule has 1 atom stereocenters. The van der Waals surface area contributed by atoms with Gasteiger partial charge in [0.05, 0.1) is 6.04 Å². The fourth-order valence-electron chi connectivity index (χ4n) is 3.69. The van der Waals surface area contributed by atoms with Gasteiger partial charge in [0.1, 0.15) is 0 Å². The van der Waals surface area contributed by atoms with E-state index in [1.807, 2.05) is 30.6 Å². The summed E-state index contributed by atoms with van der Waals surface area (Å²) in [6.45, 7) is 1.82. The van der Waals surface area contributed by atoms with Gasteiger partial charge in [-0.05, 0) is 36.6 Å². The Morgan fingerprint density at radius 3 is 2.56 bits per heavy atom. The highest BCUT2D eigenvalue weighted by atomic mass is 16.2. The highest BCUT2D eigenvalue weighted by molar-refractivity contribution is 5.82. The number of nitrogens with zero attached hydrogens (tertiary/aromatic N) is 4. The molecule has 1 fully saturated rings. The van der Waals surface area contributed by atoms with Crippen molar-refractivity contribution >= 4 is 17.8 Å². The van der Waals surface area contributed by atoms with E-state index in [0.717, 1.165) is 37.9 Å². The summed E-state index contributed by atoms with van der Waals surface area (Å²) in [6.07, 6.45) is 7.94. The zero-order valence-electron chi connectivity index (χ0n) is 14.2. The Morgan fingerprint density at radius 1 is 1.04 bits per heavy atom. The minimum Gasteiger partial charge on any atom is -0.371 e. The van der Waals surface area contributed by atoms with Gasteiger partial charge in [-0.1, -0.05) is 24.3 Å².